The van der Waals surface area contributed by atoms with Crippen LogP contribution < -0.4 is 0 Å². The van der Waals surface area contributed by atoms with E-state index in [1.165, 1.54) is 16.8 Å². The van der Waals surface area contributed by atoms with Gasteiger partial charge < -0.3 is 0 Å². The molecule has 3 aromatic rings. The third-order valence-corrected chi connectivity index (χ3v) is 4.14. The van der Waals surface area contributed by atoms with Crippen LogP contribution in [0.3, 0.4) is 0 Å². The Bertz CT molecular complexity index is 971. The van der Waals surface area contributed by atoms with Crippen molar-refractivity contribution in [1.29, 1.82) is 0 Å². The highest BCUT2D eigenvalue weighted by Gasteiger charge is 2.19. The SMILES string of the molecule is Cc1cc(C(=C(C=O)c2nnnn2C)c2ccc(F)c(C)c2)ccc1F. The van der Waals surface area contributed by atoms with E-state index in [0.717, 1.165) is 0 Å². The van der Waals surface area contributed by atoms with E-state index in [4.69, 9.17) is 0 Å². The zero-order chi connectivity index (χ0) is 18.8. The number of carbonyl (C=O) groups excluding carboxylic acids is 1. The predicted molar refractivity (Wildman–Crippen MR) is 93.1 cm³/mol. The maximum absolute atomic E-state index is 13.7. The average molecular weight is 354 g/mol. The van der Waals surface area contributed by atoms with Gasteiger partial charge in [-0.1, -0.05) is 12.1 Å². The van der Waals surface area contributed by atoms with Crippen LogP contribution in [0.4, 0.5) is 8.78 Å². The van der Waals surface area contributed by atoms with Crippen molar-refractivity contribution in [1.82, 2.24) is 20.2 Å². The number of aryl methyl sites for hydroxylation is 3. The first kappa shape index (κ1) is 17.6. The van der Waals surface area contributed by atoms with E-state index in [0.29, 0.717) is 34.1 Å². The molecule has 132 valence electrons. The molecule has 0 bridgehead atoms. The summed E-state index contributed by atoms with van der Waals surface area (Å²) < 4.78 is 28.8. The van der Waals surface area contributed by atoms with Crippen LogP contribution in [0.5, 0.6) is 0 Å². The molecule has 0 amide bonds. The second-order valence-electron chi connectivity index (χ2n) is 5.96. The van der Waals surface area contributed by atoms with Crippen LogP contribution in [0.25, 0.3) is 11.1 Å². The summed E-state index contributed by atoms with van der Waals surface area (Å²) in [6, 6.07) is 9.08. The van der Waals surface area contributed by atoms with Crippen LogP contribution in [0.2, 0.25) is 0 Å². The Hall–Kier alpha value is -3.22. The van der Waals surface area contributed by atoms with Gasteiger partial charge in [-0.15, -0.1) is 5.10 Å². The number of aldehydes is 1. The largest absolute Gasteiger partial charge is 0.298 e. The molecule has 0 fully saturated rings. The summed E-state index contributed by atoms with van der Waals surface area (Å²) in [5.74, 6) is -0.438. The maximum Gasteiger partial charge on any atom is 0.185 e. The summed E-state index contributed by atoms with van der Waals surface area (Å²) in [5, 5.41) is 11.2. The van der Waals surface area contributed by atoms with Crippen molar-refractivity contribution >= 4 is 17.4 Å². The van der Waals surface area contributed by atoms with Gasteiger partial charge in [0.05, 0.1) is 5.57 Å². The first-order valence-electron chi connectivity index (χ1n) is 7.87. The van der Waals surface area contributed by atoms with E-state index < -0.39 is 0 Å². The van der Waals surface area contributed by atoms with Gasteiger partial charge in [0.2, 0.25) is 0 Å². The topological polar surface area (TPSA) is 60.7 Å². The first-order chi connectivity index (χ1) is 12.4. The van der Waals surface area contributed by atoms with Gasteiger partial charge in [0.1, 0.15) is 11.6 Å². The lowest BCUT2D eigenvalue weighted by molar-refractivity contribution is -0.103. The van der Waals surface area contributed by atoms with Crippen LogP contribution in [0.15, 0.2) is 36.4 Å². The molecule has 2 aromatic carbocycles. The minimum atomic E-state index is -0.351. The molecular weight excluding hydrogens is 338 g/mol. The van der Waals surface area contributed by atoms with Crippen molar-refractivity contribution in [2.24, 2.45) is 7.05 Å². The second-order valence-corrected chi connectivity index (χ2v) is 5.96. The molecule has 0 saturated carbocycles. The van der Waals surface area contributed by atoms with Crippen molar-refractivity contribution in [3.05, 3.63) is 76.1 Å². The predicted octanol–water partition coefficient (Wildman–Crippen LogP) is 3.26. The lowest BCUT2D eigenvalue weighted by atomic mass is 9.91. The Labute approximate surface area is 149 Å². The van der Waals surface area contributed by atoms with Gasteiger partial charge in [-0.2, -0.15) is 0 Å². The minimum absolute atomic E-state index is 0.231. The van der Waals surface area contributed by atoms with Crippen molar-refractivity contribution in [2.75, 3.05) is 0 Å². The van der Waals surface area contributed by atoms with E-state index in [2.05, 4.69) is 15.5 Å². The fourth-order valence-electron chi connectivity index (χ4n) is 2.76. The number of nitrogens with zero attached hydrogens (tertiary/aromatic N) is 4. The van der Waals surface area contributed by atoms with E-state index in [-0.39, 0.29) is 23.0 Å². The van der Waals surface area contributed by atoms with Gasteiger partial charge in [0.25, 0.3) is 0 Å². The molecule has 0 aliphatic carbocycles. The smallest absolute Gasteiger partial charge is 0.185 e. The van der Waals surface area contributed by atoms with Crippen LogP contribution in [0, 0.1) is 25.5 Å². The fraction of sp³-hybridized carbons (Fsp3) is 0.158. The molecule has 0 aliphatic rings. The van der Waals surface area contributed by atoms with E-state index in [1.807, 2.05) is 0 Å². The van der Waals surface area contributed by atoms with Crippen LogP contribution in [-0.2, 0) is 11.8 Å². The fourth-order valence-corrected chi connectivity index (χ4v) is 2.76. The van der Waals surface area contributed by atoms with E-state index >= 15 is 0 Å². The molecule has 0 N–H and O–H groups in total. The van der Waals surface area contributed by atoms with Crippen molar-refractivity contribution in [3.63, 3.8) is 0 Å². The molecule has 0 saturated heterocycles. The Morgan fingerprint density at radius 1 is 1.00 bits per heavy atom. The number of halogens is 2. The molecule has 1 aromatic heterocycles. The average Bonchev–Trinajstić information content (AvgIpc) is 3.04. The van der Waals surface area contributed by atoms with Crippen LogP contribution in [0.1, 0.15) is 28.1 Å². The normalized spacial score (nSPS) is 10.7. The third kappa shape index (κ3) is 3.15. The monoisotopic (exact) mass is 354 g/mol. The number of rotatable bonds is 4. The molecule has 1 heterocycles. The van der Waals surface area contributed by atoms with Gasteiger partial charge in [0, 0.05) is 12.6 Å². The molecule has 26 heavy (non-hydrogen) atoms. The quantitative estimate of drug-likeness (QED) is 0.533. The number of tetrazole rings is 1. The molecule has 3 rings (SSSR count). The highest BCUT2D eigenvalue weighted by molar-refractivity contribution is 6.19. The van der Waals surface area contributed by atoms with E-state index in [9.17, 15) is 13.6 Å². The number of carbonyl (C=O) groups is 1. The maximum atomic E-state index is 13.7. The third-order valence-electron chi connectivity index (χ3n) is 4.14. The Morgan fingerprint density at radius 2 is 1.54 bits per heavy atom. The Kier molecular flexibility index (Phi) is 4.71. The van der Waals surface area contributed by atoms with E-state index in [1.54, 1.807) is 45.2 Å². The van der Waals surface area contributed by atoms with Gasteiger partial charge in [-0.05, 0) is 70.8 Å². The van der Waals surface area contributed by atoms with Gasteiger partial charge in [-0.25, -0.2) is 13.5 Å². The Morgan fingerprint density at radius 3 is 1.92 bits per heavy atom. The highest BCUT2D eigenvalue weighted by atomic mass is 19.1. The summed E-state index contributed by atoms with van der Waals surface area (Å²) in [4.78, 5) is 11.9. The molecule has 0 spiro atoms. The number of hydrogen-bond donors (Lipinski definition) is 0. The summed E-state index contributed by atoms with van der Waals surface area (Å²) in [5.41, 5.74) is 2.82. The van der Waals surface area contributed by atoms with Gasteiger partial charge in [0.15, 0.2) is 12.1 Å². The summed E-state index contributed by atoms with van der Waals surface area (Å²) in [6.45, 7) is 3.27. The molecule has 0 radical (unpaired) electrons. The number of aromatic nitrogens is 4. The summed E-state index contributed by atoms with van der Waals surface area (Å²) in [7, 11) is 1.61. The lowest BCUT2D eigenvalue weighted by Gasteiger charge is -2.14. The number of benzene rings is 2. The highest BCUT2D eigenvalue weighted by Crippen LogP contribution is 2.32. The second kappa shape index (κ2) is 6.95. The molecule has 7 heteroatoms. The zero-order valence-corrected chi connectivity index (χ0v) is 14.5. The van der Waals surface area contributed by atoms with Crippen molar-refractivity contribution in [3.8, 4) is 0 Å². The summed E-state index contributed by atoms with van der Waals surface area (Å²) in [6.07, 6.45) is 0.651. The van der Waals surface area contributed by atoms with Gasteiger partial charge in [-0.3, -0.25) is 4.79 Å². The number of allylic oxidation sites excluding steroid dienone is 1. The van der Waals surface area contributed by atoms with Crippen LogP contribution >= 0.6 is 0 Å². The standard InChI is InChI=1S/C19H16F2N4O/c1-11-8-13(4-6-16(11)20)18(14-5-7-17(21)12(2)9-14)15(10-26)19-22-23-24-25(19)3/h4-10H,1-3H3. The van der Waals surface area contributed by atoms with Crippen molar-refractivity contribution in [2.45, 2.75) is 13.8 Å². The first-order valence-corrected chi connectivity index (χ1v) is 7.87. The molecular formula is C19H16F2N4O. The minimum Gasteiger partial charge on any atom is -0.298 e. The van der Waals surface area contributed by atoms with Crippen molar-refractivity contribution < 1.29 is 13.6 Å². The van der Waals surface area contributed by atoms with Crippen LogP contribution in [-0.4, -0.2) is 26.5 Å². The Balaban J connectivity index is 2.36. The lowest BCUT2D eigenvalue weighted by Crippen LogP contribution is -2.04. The molecule has 5 nitrogen and oxygen atoms in total. The molecule has 0 unspecified atom stereocenters. The molecule has 0 aliphatic heterocycles. The summed E-state index contributed by atoms with van der Waals surface area (Å²) >= 11 is 0. The number of hydrogen-bond acceptors (Lipinski definition) is 4. The van der Waals surface area contributed by atoms with Gasteiger partial charge >= 0.3 is 0 Å². The molecule has 0 atom stereocenters. The zero-order valence-electron chi connectivity index (χ0n) is 14.5.